The number of carbonyl (C=O) groups excluding carboxylic acids is 2. The lowest BCUT2D eigenvalue weighted by Crippen LogP contribution is -2.05. The fourth-order valence-corrected chi connectivity index (χ4v) is 1.59. The second-order valence-corrected chi connectivity index (χ2v) is 3.82. The van der Waals surface area contributed by atoms with Gasteiger partial charge in [0.2, 0.25) is 5.91 Å². The molecule has 2 N–H and O–H groups in total. The Bertz CT molecular complexity index is 455. The van der Waals surface area contributed by atoms with Gasteiger partial charge in [0.15, 0.2) is 0 Å². The number of amides is 1. The van der Waals surface area contributed by atoms with E-state index < -0.39 is 11.9 Å². The third kappa shape index (κ3) is 3.20. The highest BCUT2D eigenvalue weighted by Gasteiger charge is 2.06. The molecule has 0 atom stereocenters. The van der Waals surface area contributed by atoms with Gasteiger partial charge < -0.3 is 10.5 Å². The molecule has 0 aliphatic heterocycles. The molecule has 0 saturated heterocycles. The maximum atomic E-state index is 11.2. The second kappa shape index (κ2) is 5.46. The van der Waals surface area contributed by atoms with E-state index in [-0.39, 0.29) is 0 Å². The van der Waals surface area contributed by atoms with Crippen LogP contribution in [-0.2, 0) is 9.53 Å². The first-order valence-electron chi connectivity index (χ1n) is 4.40. The summed E-state index contributed by atoms with van der Waals surface area (Å²) < 4.78 is 5.27. The lowest BCUT2D eigenvalue weighted by atomic mass is 10.1. The minimum Gasteiger partial charge on any atom is -0.465 e. The molecule has 0 aliphatic carbocycles. The van der Waals surface area contributed by atoms with Gasteiger partial charge in [-0.1, -0.05) is 22.0 Å². The predicted molar refractivity (Wildman–Crippen MR) is 63.7 cm³/mol. The van der Waals surface area contributed by atoms with Crippen LogP contribution in [0.1, 0.15) is 15.9 Å². The Morgan fingerprint density at radius 1 is 1.44 bits per heavy atom. The molecule has 1 aromatic rings. The highest BCUT2D eigenvalue weighted by atomic mass is 79.9. The van der Waals surface area contributed by atoms with Gasteiger partial charge in [0, 0.05) is 10.5 Å². The van der Waals surface area contributed by atoms with E-state index in [2.05, 4.69) is 20.7 Å². The topological polar surface area (TPSA) is 69.4 Å². The van der Waals surface area contributed by atoms with Crippen molar-refractivity contribution in [3.63, 3.8) is 0 Å². The molecule has 84 valence electrons. The fraction of sp³-hybridized carbons (Fsp3) is 0.0909. The third-order valence-electron chi connectivity index (χ3n) is 1.85. The zero-order valence-corrected chi connectivity index (χ0v) is 10.2. The molecule has 1 amide bonds. The Balaban J connectivity index is 3.00. The van der Waals surface area contributed by atoms with Crippen LogP contribution in [0.3, 0.4) is 0 Å². The van der Waals surface area contributed by atoms with Gasteiger partial charge in [-0.25, -0.2) is 4.79 Å². The van der Waals surface area contributed by atoms with Crippen LogP contribution in [-0.4, -0.2) is 19.0 Å². The van der Waals surface area contributed by atoms with E-state index in [1.807, 2.05) is 0 Å². The maximum Gasteiger partial charge on any atom is 0.337 e. The first kappa shape index (κ1) is 12.4. The molecule has 1 aromatic carbocycles. The van der Waals surface area contributed by atoms with Crippen molar-refractivity contribution in [1.29, 1.82) is 0 Å². The van der Waals surface area contributed by atoms with Crippen molar-refractivity contribution in [3.05, 3.63) is 39.9 Å². The van der Waals surface area contributed by atoms with Crippen molar-refractivity contribution in [2.75, 3.05) is 7.11 Å². The van der Waals surface area contributed by atoms with E-state index in [0.29, 0.717) is 10.0 Å². The first-order valence-corrected chi connectivity index (χ1v) is 5.19. The number of rotatable bonds is 3. The summed E-state index contributed by atoms with van der Waals surface area (Å²) in [6, 6.07) is 4.92. The Hall–Kier alpha value is -1.62. The third-order valence-corrected chi connectivity index (χ3v) is 2.54. The summed E-state index contributed by atoms with van der Waals surface area (Å²) in [4.78, 5) is 21.8. The highest BCUT2D eigenvalue weighted by Crippen LogP contribution is 2.20. The van der Waals surface area contributed by atoms with Crippen LogP contribution in [0.5, 0.6) is 0 Å². The van der Waals surface area contributed by atoms with Gasteiger partial charge in [0.1, 0.15) is 0 Å². The molecule has 16 heavy (non-hydrogen) atoms. The molecule has 0 heterocycles. The zero-order valence-electron chi connectivity index (χ0n) is 8.57. The maximum absolute atomic E-state index is 11.2. The van der Waals surface area contributed by atoms with Gasteiger partial charge in [-0.15, -0.1) is 0 Å². The molecule has 0 aliphatic rings. The summed E-state index contributed by atoms with van der Waals surface area (Å²) in [7, 11) is 1.32. The summed E-state index contributed by atoms with van der Waals surface area (Å²) in [5.41, 5.74) is 6.17. The van der Waals surface area contributed by atoms with Crippen LogP contribution in [0.25, 0.3) is 6.08 Å². The monoisotopic (exact) mass is 283 g/mol. The van der Waals surface area contributed by atoms with Crippen LogP contribution in [0, 0.1) is 0 Å². The van der Waals surface area contributed by atoms with Gasteiger partial charge in [-0.3, -0.25) is 4.79 Å². The smallest absolute Gasteiger partial charge is 0.337 e. The normalized spacial score (nSPS) is 10.4. The molecule has 0 spiro atoms. The molecule has 0 bridgehead atoms. The summed E-state index contributed by atoms with van der Waals surface area (Å²) in [6.45, 7) is 0. The number of benzene rings is 1. The van der Waals surface area contributed by atoms with Crippen molar-refractivity contribution in [2.24, 2.45) is 5.73 Å². The number of methoxy groups -OCH3 is 1. The van der Waals surface area contributed by atoms with E-state index in [4.69, 9.17) is 5.73 Å². The van der Waals surface area contributed by atoms with Crippen molar-refractivity contribution < 1.29 is 14.3 Å². The minimum absolute atomic E-state index is 0.411. The van der Waals surface area contributed by atoms with E-state index in [0.717, 1.165) is 5.56 Å². The van der Waals surface area contributed by atoms with E-state index in [9.17, 15) is 9.59 Å². The van der Waals surface area contributed by atoms with Crippen molar-refractivity contribution >= 4 is 33.9 Å². The summed E-state index contributed by atoms with van der Waals surface area (Å²) >= 11 is 3.28. The highest BCUT2D eigenvalue weighted by molar-refractivity contribution is 9.10. The number of halogens is 1. The van der Waals surface area contributed by atoms with Crippen LogP contribution >= 0.6 is 15.9 Å². The largest absolute Gasteiger partial charge is 0.465 e. The molecule has 4 nitrogen and oxygen atoms in total. The van der Waals surface area contributed by atoms with Crippen molar-refractivity contribution in [2.45, 2.75) is 0 Å². The first-order chi connectivity index (χ1) is 7.54. The molecular formula is C11H10BrNO3. The molecular weight excluding hydrogens is 274 g/mol. The van der Waals surface area contributed by atoms with E-state index >= 15 is 0 Å². The average molecular weight is 284 g/mol. The Morgan fingerprint density at radius 2 is 2.12 bits per heavy atom. The van der Waals surface area contributed by atoms with Crippen LogP contribution in [0.2, 0.25) is 0 Å². The molecule has 0 unspecified atom stereocenters. The van der Waals surface area contributed by atoms with E-state index in [1.54, 1.807) is 24.3 Å². The van der Waals surface area contributed by atoms with Crippen LogP contribution in [0.15, 0.2) is 28.7 Å². The summed E-state index contributed by atoms with van der Waals surface area (Å²) in [5, 5.41) is 0. The number of primary amides is 1. The van der Waals surface area contributed by atoms with Gasteiger partial charge in [0.25, 0.3) is 0 Å². The molecule has 0 fully saturated rings. The number of hydrogen-bond donors (Lipinski definition) is 1. The standard InChI is InChI=1S/C11H10BrNO3/c1-16-11(15)8-3-2-7(9(12)6-8)4-5-10(13)14/h2-6H,1H3,(H2,13,14). The number of ether oxygens (including phenoxy) is 1. The minimum atomic E-state index is -0.524. The fourth-order valence-electron chi connectivity index (χ4n) is 1.08. The zero-order chi connectivity index (χ0) is 12.1. The second-order valence-electron chi connectivity index (χ2n) is 2.96. The number of esters is 1. The summed E-state index contributed by atoms with van der Waals surface area (Å²) in [6.07, 6.45) is 2.81. The van der Waals surface area contributed by atoms with Gasteiger partial charge >= 0.3 is 5.97 Å². The number of carbonyl (C=O) groups is 2. The molecule has 0 saturated carbocycles. The number of hydrogen-bond acceptors (Lipinski definition) is 3. The Kier molecular flexibility index (Phi) is 4.25. The lowest BCUT2D eigenvalue weighted by molar-refractivity contribution is -0.113. The van der Waals surface area contributed by atoms with Crippen LogP contribution in [0.4, 0.5) is 0 Å². The SMILES string of the molecule is COC(=O)c1ccc(C=CC(N)=O)c(Br)c1. The Morgan fingerprint density at radius 3 is 2.62 bits per heavy atom. The average Bonchev–Trinajstić information content (AvgIpc) is 2.26. The molecule has 0 radical (unpaired) electrons. The molecule has 1 rings (SSSR count). The van der Waals surface area contributed by atoms with Gasteiger partial charge in [0.05, 0.1) is 12.7 Å². The van der Waals surface area contributed by atoms with Crippen LogP contribution < -0.4 is 5.73 Å². The molecule has 0 aromatic heterocycles. The van der Waals surface area contributed by atoms with Gasteiger partial charge in [-0.05, 0) is 23.8 Å². The van der Waals surface area contributed by atoms with Gasteiger partial charge in [-0.2, -0.15) is 0 Å². The van der Waals surface area contributed by atoms with E-state index in [1.165, 1.54) is 13.2 Å². The number of nitrogens with two attached hydrogens (primary N) is 1. The van der Waals surface area contributed by atoms with Crippen molar-refractivity contribution in [3.8, 4) is 0 Å². The lowest BCUT2D eigenvalue weighted by Gasteiger charge is -2.02. The summed E-state index contributed by atoms with van der Waals surface area (Å²) in [5.74, 6) is -0.935. The van der Waals surface area contributed by atoms with Crippen molar-refractivity contribution in [1.82, 2.24) is 0 Å². The quantitative estimate of drug-likeness (QED) is 0.679. The Labute approximate surface area is 101 Å². The predicted octanol–water partition coefficient (Wildman–Crippen LogP) is 1.73. The molecule has 5 heteroatoms.